The summed E-state index contributed by atoms with van der Waals surface area (Å²) >= 11 is 0. The van der Waals surface area contributed by atoms with E-state index in [4.69, 9.17) is 0 Å². The second-order valence-corrected chi connectivity index (χ2v) is 6.41. The van der Waals surface area contributed by atoms with E-state index in [0.29, 0.717) is 11.1 Å². The van der Waals surface area contributed by atoms with E-state index in [1.54, 1.807) is 36.4 Å². The molecule has 4 rings (SSSR count). The molecule has 0 aliphatic rings. The zero-order valence-corrected chi connectivity index (χ0v) is 14.8. The van der Waals surface area contributed by atoms with Crippen molar-refractivity contribution >= 4 is 22.7 Å². The van der Waals surface area contributed by atoms with Gasteiger partial charge in [-0.15, -0.1) is 0 Å². The third-order valence-electron chi connectivity index (χ3n) is 4.82. The highest BCUT2D eigenvalue weighted by molar-refractivity contribution is 6.10. The van der Waals surface area contributed by atoms with Crippen molar-refractivity contribution in [2.24, 2.45) is 0 Å². The molecule has 28 heavy (non-hydrogen) atoms. The third-order valence-corrected chi connectivity index (χ3v) is 4.82. The predicted octanol–water partition coefficient (Wildman–Crippen LogP) is 5.57. The molecule has 0 aliphatic heterocycles. The standard InChI is InChI=1S/C24H16O4/c25-23(26)21-11-5-3-9-17(21)19-13-14-20(16-8-2-1-7-15(16)19)18-10-4-6-12-22(18)24(27)28/h1-14H,(H,25,26)(H,27,28). The van der Waals surface area contributed by atoms with Crippen molar-refractivity contribution < 1.29 is 19.8 Å². The fraction of sp³-hybridized carbons (Fsp3) is 0. The van der Waals surface area contributed by atoms with Crippen LogP contribution in [-0.4, -0.2) is 22.2 Å². The molecule has 4 heteroatoms. The summed E-state index contributed by atoms with van der Waals surface area (Å²) in [7, 11) is 0. The monoisotopic (exact) mass is 368 g/mol. The molecule has 0 fully saturated rings. The molecular formula is C24H16O4. The van der Waals surface area contributed by atoms with E-state index < -0.39 is 11.9 Å². The molecule has 0 aromatic heterocycles. The van der Waals surface area contributed by atoms with Crippen molar-refractivity contribution in [3.05, 3.63) is 96.1 Å². The Morgan fingerprint density at radius 2 is 0.821 bits per heavy atom. The maximum atomic E-state index is 11.7. The minimum absolute atomic E-state index is 0.228. The van der Waals surface area contributed by atoms with Gasteiger partial charge in [0.1, 0.15) is 0 Å². The maximum absolute atomic E-state index is 11.7. The first kappa shape index (κ1) is 17.5. The van der Waals surface area contributed by atoms with Gasteiger partial charge in [0, 0.05) is 0 Å². The lowest BCUT2D eigenvalue weighted by Crippen LogP contribution is -2.01. The lowest BCUT2D eigenvalue weighted by molar-refractivity contribution is 0.0687. The Kier molecular flexibility index (Phi) is 4.38. The summed E-state index contributed by atoms with van der Waals surface area (Å²) in [6.45, 7) is 0. The van der Waals surface area contributed by atoms with Crippen LogP contribution in [0.1, 0.15) is 20.7 Å². The van der Waals surface area contributed by atoms with Crippen LogP contribution in [-0.2, 0) is 0 Å². The number of hydrogen-bond donors (Lipinski definition) is 2. The number of carboxylic acids is 2. The Morgan fingerprint density at radius 1 is 0.464 bits per heavy atom. The molecule has 0 radical (unpaired) electrons. The first-order valence-corrected chi connectivity index (χ1v) is 8.75. The summed E-state index contributed by atoms with van der Waals surface area (Å²) in [6, 6.07) is 25.1. The summed E-state index contributed by atoms with van der Waals surface area (Å²) in [4.78, 5) is 23.3. The van der Waals surface area contributed by atoms with Gasteiger partial charge in [0.25, 0.3) is 0 Å². The molecular weight excluding hydrogens is 352 g/mol. The Hall–Kier alpha value is -3.92. The highest BCUT2D eigenvalue weighted by Gasteiger charge is 2.17. The fourth-order valence-corrected chi connectivity index (χ4v) is 3.58. The Morgan fingerprint density at radius 3 is 1.21 bits per heavy atom. The quantitative estimate of drug-likeness (QED) is 0.494. The van der Waals surface area contributed by atoms with Crippen LogP contribution in [0.3, 0.4) is 0 Å². The number of fused-ring (bicyclic) bond motifs is 1. The van der Waals surface area contributed by atoms with Crippen LogP contribution >= 0.6 is 0 Å². The molecule has 4 aromatic rings. The van der Waals surface area contributed by atoms with Gasteiger partial charge in [0.15, 0.2) is 0 Å². The van der Waals surface area contributed by atoms with Crippen molar-refractivity contribution in [2.45, 2.75) is 0 Å². The number of aromatic carboxylic acids is 2. The summed E-state index contributed by atoms with van der Waals surface area (Å²) in [5, 5.41) is 20.9. The molecule has 136 valence electrons. The summed E-state index contributed by atoms with van der Waals surface area (Å²) in [6.07, 6.45) is 0. The molecule has 0 spiro atoms. The van der Waals surface area contributed by atoms with Crippen LogP contribution in [0, 0.1) is 0 Å². The van der Waals surface area contributed by atoms with Crippen LogP contribution in [0.15, 0.2) is 84.9 Å². The first-order valence-electron chi connectivity index (χ1n) is 8.75. The van der Waals surface area contributed by atoms with Crippen LogP contribution in [0.25, 0.3) is 33.0 Å². The van der Waals surface area contributed by atoms with Crippen LogP contribution in [0.4, 0.5) is 0 Å². The number of rotatable bonds is 4. The Labute approximate surface area is 161 Å². The molecule has 0 amide bonds. The number of hydrogen-bond acceptors (Lipinski definition) is 2. The highest BCUT2D eigenvalue weighted by atomic mass is 16.4. The number of carbonyl (C=O) groups is 2. The second-order valence-electron chi connectivity index (χ2n) is 6.41. The largest absolute Gasteiger partial charge is 0.478 e. The number of benzene rings is 4. The van der Waals surface area contributed by atoms with E-state index in [2.05, 4.69) is 0 Å². The molecule has 0 atom stereocenters. The van der Waals surface area contributed by atoms with E-state index >= 15 is 0 Å². The zero-order valence-electron chi connectivity index (χ0n) is 14.8. The topological polar surface area (TPSA) is 74.6 Å². The second kappa shape index (κ2) is 7.00. The number of carboxylic acid groups (broad SMARTS) is 2. The lowest BCUT2D eigenvalue weighted by atomic mass is 9.89. The van der Waals surface area contributed by atoms with Gasteiger partial charge in [-0.25, -0.2) is 9.59 Å². The van der Waals surface area contributed by atoms with E-state index in [1.807, 2.05) is 48.5 Å². The van der Waals surface area contributed by atoms with Crippen LogP contribution < -0.4 is 0 Å². The first-order chi connectivity index (χ1) is 13.6. The van der Waals surface area contributed by atoms with Gasteiger partial charge < -0.3 is 10.2 Å². The van der Waals surface area contributed by atoms with E-state index in [9.17, 15) is 19.8 Å². The molecule has 0 saturated heterocycles. The summed E-state index contributed by atoms with van der Waals surface area (Å²) in [5.74, 6) is -1.97. The molecule has 4 aromatic carbocycles. The third kappa shape index (κ3) is 2.91. The molecule has 2 N–H and O–H groups in total. The van der Waals surface area contributed by atoms with Gasteiger partial charge >= 0.3 is 11.9 Å². The van der Waals surface area contributed by atoms with Crippen molar-refractivity contribution in [2.75, 3.05) is 0 Å². The Bertz CT molecular complexity index is 1130. The normalized spacial score (nSPS) is 10.7. The van der Waals surface area contributed by atoms with Crippen molar-refractivity contribution in [1.29, 1.82) is 0 Å². The molecule has 0 heterocycles. The smallest absolute Gasteiger partial charge is 0.336 e. The van der Waals surface area contributed by atoms with Crippen LogP contribution in [0.2, 0.25) is 0 Å². The van der Waals surface area contributed by atoms with Crippen molar-refractivity contribution in [3.8, 4) is 22.3 Å². The van der Waals surface area contributed by atoms with Crippen molar-refractivity contribution in [1.82, 2.24) is 0 Å². The molecule has 0 saturated carbocycles. The predicted molar refractivity (Wildman–Crippen MR) is 109 cm³/mol. The molecule has 0 aliphatic carbocycles. The average Bonchev–Trinajstić information content (AvgIpc) is 2.73. The highest BCUT2D eigenvalue weighted by Crippen LogP contribution is 2.37. The van der Waals surface area contributed by atoms with Crippen LogP contribution in [0.5, 0.6) is 0 Å². The molecule has 4 nitrogen and oxygen atoms in total. The maximum Gasteiger partial charge on any atom is 0.336 e. The van der Waals surface area contributed by atoms with E-state index in [1.165, 1.54) is 0 Å². The minimum Gasteiger partial charge on any atom is -0.478 e. The molecule has 0 unspecified atom stereocenters. The van der Waals surface area contributed by atoms with Gasteiger partial charge in [-0.05, 0) is 45.2 Å². The Balaban J connectivity index is 2.03. The minimum atomic E-state index is -0.986. The van der Waals surface area contributed by atoms with Gasteiger partial charge in [-0.2, -0.15) is 0 Å². The lowest BCUT2D eigenvalue weighted by Gasteiger charge is -2.14. The SMILES string of the molecule is O=C(O)c1ccccc1-c1ccc(-c2ccccc2C(=O)O)c2ccccc12. The fourth-order valence-electron chi connectivity index (χ4n) is 3.58. The van der Waals surface area contributed by atoms with Gasteiger partial charge in [0.2, 0.25) is 0 Å². The molecule has 0 bridgehead atoms. The summed E-state index contributed by atoms with van der Waals surface area (Å²) in [5.41, 5.74) is 3.31. The van der Waals surface area contributed by atoms with Gasteiger partial charge in [0.05, 0.1) is 11.1 Å². The van der Waals surface area contributed by atoms with E-state index in [-0.39, 0.29) is 11.1 Å². The van der Waals surface area contributed by atoms with E-state index in [0.717, 1.165) is 21.9 Å². The summed E-state index contributed by atoms with van der Waals surface area (Å²) < 4.78 is 0. The van der Waals surface area contributed by atoms with Gasteiger partial charge in [-0.1, -0.05) is 72.8 Å². The van der Waals surface area contributed by atoms with Crippen molar-refractivity contribution in [3.63, 3.8) is 0 Å². The van der Waals surface area contributed by atoms with Gasteiger partial charge in [-0.3, -0.25) is 0 Å². The zero-order chi connectivity index (χ0) is 19.7. The average molecular weight is 368 g/mol.